The first-order chi connectivity index (χ1) is 18.3. The number of rotatable bonds is 16. The molecule has 0 saturated carbocycles. The van der Waals surface area contributed by atoms with Crippen LogP contribution < -0.4 is 10.6 Å². The molecule has 2 unspecified atom stereocenters. The van der Waals surface area contributed by atoms with Crippen molar-refractivity contribution in [3.8, 4) is 0 Å². The van der Waals surface area contributed by atoms with E-state index in [-0.39, 0.29) is 17.7 Å². The van der Waals surface area contributed by atoms with Crippen LogP contribution in [-0.4, -0.2) is 47.5 Å². The van der Waals surface area contributed by atoms with Crippen molar-refractivity contribution in [1.29, 1.82) is 0 Å². The molecule has 0 aliphatic heterocycles. The molecule has 0 saturated heterocycles. The molecule has 39 heavy (non-hydrogen) atoms. The summed E-state index contributed by atoms with van der Waals surface area (Å²) in [4.78, 5) is 42.7. The number of nitrogens with one attached hydrogen (secondary N) is 2. The molecular formula is C32H55N3O4. The van der Waals surface area contributed by atoms with E-state index in [1.807, 2.05) is 45.9 Å². The van der Waals surface area contributed by atoms with Gasteiger partial charge in [0.25, 0.3) is 0 Å². The lowest BCUT2D eigenvalue weighted by Crippen LogP contribution is -2.54. The summed E-state index contributed by atoms with van der Waals surface area (Å²) in [5.74, 6) is -0.271. The van der Waals surface area contributed by atoms with Crippen molar-refractivity contribution in [3.63, 3.8) is 0 Å². The number of carbonyl (C=O) groups is 3. The minimum Gasteiger partial charge on any atom is -0.444 e. The van der Waals surface area contributed by atoms with Crippen molar-refractivity contribution in [3.05, 3.63) is 34.9 Å². The largest absolute Gasteiger partial charge is 0.444 e. The molecule has 0 aliphatic carbocycles. The highest BCUT2D eigenvalue weighted by Gasteiger charge is 2.37. The van der Waals surface area contributed by atoms with Gasteiger partial charge in [0, 0.05) is 13.1 Å². The van der Waals surface area contributed by atoms with Crippen molar-refractivity contribution in [2.75, 3.05) is 13.1 Å². The quantitative estimate of drug-likeness (QED) is 0.219. The maximum Gasteiger partial charge on any atom is 0.408 e. The molecule has 3 amide bonds. The number of aryl methyl sites for hydroxylation is 2. The van der Waals surface area contributed by atoms with Crippen LogP contribution in [-0.2, 0) is 14.3 Å². The molecule has 2 atom stereocenters. The van der Waals surface area contributed by atoms with E-state index in [1.54, 1.807) is 25.7 Å². The number of carbonyl (C=O) groups excluding carboxylic acids is 3. The third-order valence-electron chi connectivity index (χ3n) is 6.69. The number of ether oxygens (including phenoxy) is 1. The van der Waals surface area contributed by atoms with Crippen LogP contribution in [0.2, 0.25) is 0 Å². The van der Waals surface area contributed by atoms with E-state index in [4.69, 9.17) is 4.74 Å². The lowest BCUT2D eigenvalue weighted by molar-refractivity contribution is -0.143. The molecule has 0 fully saturated rings. The van der Waals surface area contributed by atoms with E-state index in [0.29, 0.717) is 19.5 Å². The first-order valence-corrected chi connectivity index (χ1v) is 15.0. The van der Waals surface area contributed by atoms with E-state index in [1.165, 1.54) is 0 Å². The number of amides is 3. The van der Waals surface area contributed by atoms with Crippen LogP contribution >= 0.6 is 0 Å². The van der Waals surface area contributed by atoms with Gasteiger partial charge in [0.05, 0.1) is 0 Å². The zero-order valence-corrected chi connectivity index (χ0v) is 26.1. The summed E-state index contributed by atoms with van der Waals surface area (Å²) in [6.07, 6.45) is 6.68. The van der Waals surface area contributed by atoms with Gasteiger partial charge in [-0.3, -0.25) is 9.59 Å². The third kappa shape index (κ3) is 12.4. The summed E-state index contributed by atoms with van der Waals surface area (Å²) in [6.45, 7) is 18.7. The molecule has 1 aromatic rings. The maximum atomic E-state index is 14.3. The van der Waals surface area contributed by atoms with E-state index in [2.05, 4.69) is 24.5 Å². The normalized spacial score (nSPS) is 13.1. The van der Waals surface area contributed by atoms with Gasteiger partial charge in [0.2, 0.25) is 11.8 Å². The molecule has 1 aromatic carbocycles. The molecule has 0 radical (unpaired) electrons. The molecule has 0 aromatic heterocycles. The molecule has 2 N–H and O–H groups in total. The van der Waals surface area contributed by atoms with Crippen molar-refractivity contribution in [1.82, 2.24) is 15.5 Å². The van der Waals surface area contributed by atoms with Gasteiger partial charge in [-0.05, 0) is 76.5 Å². The summed E-state index contributed by atoms with van der Waals surface area (Å²) in [5, 5.41) is 5.95. The second kappa shape index (κ2) is 17.2. The lowest BCUT2D eigenvalue weighted by atomic mass is 9.92. The number of nitrogens with zero attached hydrogens (tertiary/aromatic N) is 1. The Morgan fingerprint density at radius 3 is 2.05 bits per heavy atom. The van der Waals surface area contributed by atoms with Crippen LogP contribution in [0.25, 0.3) is 0 Å². The summed E-state index contributed by atoms with van der Waals surface area (Å²) >= 11 is 0. The lowest BCUT2D eigenvalue weighted by Gasteiger charge is -2.36. The Bertz CT molecular complexity index is 887. The van der Waals surface area contributed by atoms with Crippen molar-refractivity contribution in [2.24, 2.45) is 5.92 Å². The number of unbranched alkanes of at least 4 members (excludes halogenated alkanes) is 5. The molecule has 0 bridgehead atoms. The SMILES string of the molecule is CCCCCCN(C(=O)C(CC(C)C)NC(=O)OC(C)(C)C)C(C(=O)NCCCCC)c1c(C)cccc1C. The molecule has 7 nitrogen and oxygen atoms in total. The zero-order valence-electron chi connectivity index (χ0n) is 26.1. The average Bonchev–Trinajstić information content (AvgIpc) is 2.82. The highest BCUT2D eigenvalue weighted by atomic mass is 16.6. The number of benzene rings is 1. The molecule has 7 heteroatoms. The minimum absolute atomic E-state index is 0.150. The highest BCUT2D eigenvalue weighted by molar-refractivity contribution is 5.92. The number of hydrogen-bond donors (Lipinski definition) is 2. The summed E-state index contributed by atoms with van der Waals surface area (Å²) in [6, 6.07) is 4.37. The van der Waals surface area contributed by atoms with E-state index >= 15 is 0 Å². The Balaban J connectivity index is 3.53. The molecular weight excluding hydrogens is 490 g/mol. The Morgan fingerprint density at radius 2 is 1.51 bits per heavy atom. The van der Waals surface area contributed by atoms with E-state index in [9.17, 15) is 14.4 Å². The van der Waals surface area contributed by atoms with Crippen molar-refractivity contribution < 1.29 is 19.1 Å². The predicted octanol–water partition coefficient (Wildman–Crippen LogP) is 7.00. The zero-order chi connectivity index (χ0) is 29.6. The van der Waals surface area contributed by atoms with Gasteiger partial charge in [0.1, 0.15) is 17.7 Å². The number of alkyl carbamates (subject to hydrolysis) is 1. The Labute approximate surface area is 237 Å². The first-order valence-electron chi connectivity index (χ1n) is 15.0. The van der Waals surface area contributed by atoms with Crippen molar-refractivity contribution in [2.45, 2.75) is 131 Å². The van der Waals surface area contributed by atoms with Crippen molar-refractivity contribution >= 4 is 17.9 Å². The predicted molar refractivity (Wildman–Crippen MR) is 160 cm³/mol. The molecule has 222 valence electrons. The van der Waals surface area contributed by atoms with Gasteiger partial charge in [-0.15, -0.1) is 0 Å². The highest BCUT2D eigenvalue weighted by Crippen LogP contribution is 2.30. The first kappa shape index (κ1) is 34.5. The standard InChI is InChI=1S/C32H55N3O4/c1-10-12-14-16-21-35(30(37)26(22-23(3)4)34-31(38)39-32(7,8)9)28(29(36)33-20-15-13-11-2)27-24(5)18-17-19-25(27)6/h17-19,23,26,28H,10-16,20-22H2,1-9H3,(H,33,36)(H,34,38). The topological polar surface area (TPSA) is 87.7 Å². The molecule has 0 spiro atoms. The third-order valence-corrected chi connectivity index (χ3v) is 6.69. The molecule has 0 heterocycles. The fourth-order valence-corrected chi connectivity index (χ4v) is 4.79. The molecule has 1 rings (SSSR count). The van der Waals surface area contributed by atoms with Crippen LogP contribution in [0.5, 0.6) is 0 Å². The van der Waals surface area contributed by atoms with E-state index < -0.39 is 23.8 Å². The van der Waals surface area contributed by atoms with Gasteiger partial charge in [0.15, 0.2) is 0 Å². The summed E-state index contributed by atoms with van der Waals surface area (Å²) in [7, 11) is 0. The van der Waals surface area contributed by atoms with Crippen LogP contribution in [0, 0.1) is 19.8 Å². The van der Waals surface area contributed by atoms with Gasteiger partial charge in [-0.1, -0.05) is 78.0 Å². The second-order valence-corrected chi connectivity index (χ2v) is 12.1. The van der Waals surface area contributed by atoms with Gasteiger partial charge >= 0.3 is 6.09 Å². The summed E-state index contributed by atoms with van der Waals surface area (Å²) < 4.78 is 5.50. The monoisotopic (exact) mass is 545 g/mol. The van der Waals surface area contributed by atoms with Crippen LogP contribution in [0.15, 0.2) is 18.2 Å². The van der Waals surface area contributed by atoms with Gasteiger partial charge in [-0.25, -0.2) is 4.79 Å². The minimum atomic E-state index is -0.800. The number of hydrogen-bond acceptors (Lipinski definition) is 4. The smallest absolute Gasteiger partial charge is 0.408 e. The van der Waals surface area contributed by atoms with E-state index in [0.717, 1.165) is 61.6 Å². The summed E-state index contributed by atoms with van der Waals surface area (Å²) in [5.41, 5.74) is 2.11. The maximum absolute atomic E-state index is 14.3. The van der Waals surface area contributed by atoms with Crippen LogP contribution in [0.3, 0.4) is 0 Å². The Morgan fingerprint density at radius 1 is 0.923 bits per heavy atom. The van der Waals surface area contributed by atoms with Crippen LogP contribution in [0.4, 0.5) is 4.79 Å². The van der Waals surface area contributed by atoms with Gasteiger partial charge in [-0.2, -0.15) is 0 Å². The van der Waals surface area contributed by atoms with Crippen LogP contribution in [0.1, 0.15) is 123 Å². The Hall–Kier alpha value is -2.57. The fourth-order valence-electron chi connectivity index (χ4n) is 4.79. The fraction of sp³-hybridized carbons (Fsp3) is 0.719. The Kier molecular flexibility index (Phi) is 15.2. The molecule has 0 aliphatic rings. The van der Waals surface area contributed by atoms with Gasteiger partial charge < -0.3 is 20.3 Å². The second-order valence-electron chi connectivity index (χ2n) is 12.1. The average molecular weight is 546 g/mol.